The summed E-state index contributed by atoms with van der Waals surface area (Å²) in [7, 11) is -3.58. The summed E-state index contributed by atoms with van der Waals surface area (Å²) in [6.45, 7) is 0. The van der Waals surface area contributed by atoms with Crippen molar-refractivity contribution in [3.63, 3.8) is 0 Å². The molecule has 6 heteroatoms. The molecule has 0 heterocycles. The number of hydrogen-bond donors (Lipinski definition) is 1. The number of sulfonamides is 1. The smallest absolute Gasteiger partial charge is 0.225 e. The van der Waals surface area contributed by atoms with Crippen LogP contribution in [-0.4, -0.2) is 8.42 Å². The Hall–Kier alpha value is 1.06. The maximum atomic E-state index is 10.7. The van der Waals surface area contributed by atoms with E-state index in [4.69, 9.17) is 16.7 Å². The van der Waals surface area contributed by atoms with Crippen LogP contribution in [0.3, 0.4) is 0 Å². The third-order valence-electron chi connectivity index (χ3n) is 1.14. The molecule has 0 saturated carbocycles. The summed E-state index contributed by atoms with van der Waals surface area (Å²) >= 11 is 5.53. The standard InChI is InChI=1S/C6H6ClNO2S.K/c7-5-1-3-6(4-2-5)11(8,9)10;/h1-4H,(H2,8,9,10);/q;+1. The fourth-order valence-electron chi connectivity index (χ4n) is 0.624. The molecule has 0 aliphatic carbocycles. The monoisotopic (exact) mass is 230 g/mol. The van der Waals surface area contributed by atoms with Crippen LogP contribution in [-0.2, 0) is 10.0 Å². The van der Waals surface area contributed by atoms with Crippen LogP contribution >= 0.6 is 11.6 Å². The number of rotatable bonds is 1. The van der Waals surface area contributed by atoms with E-state index < -0.39 is 10.0 Å². The number of nitrogens with two attached hydrogens (primary N) is 1. The molecule has 0 bridgehead atoms. The van der Waals surface area contributed by atoms with Crippen LogP contribution in [0, 0.1) is 0 Å². The number of benzene rings is 1. The first-order chi connectivity index (χ1) is 5.00. The van der Waals surface area contributed by atoms with Crippen molar-refractivity contribution in [2.75, 3.05) is 0 Å². The molecule has 3 nitrogen and oxygen atoms in total. The van der Waals surface area contributed by atoms with Crippen molar-refractivity contribution in [3.05, 3.63) is 29.3 Å². The zero-order chi connectivity index (χ0) is 8.48. The zero-order valence-electron chi connectivity index (χ0n) is 6.49. The minimum Gasteiger partial charge on any atom is -0.225 e. The molecule has 0 unspecified atom stereocenters. The summed E-state index contributed by atoms with van der Waals surface area (Å²) in [6, 6.07) is 5.66. The normalized spacial score (nSPS) is 10.5. The van der Waals surface area contributed by atoms with Crippen molar-refractivity contribution in [3.8, 4) is 0 Å². The summed E-state index contributed by atoms with van der Waals surface area (Å²) < 4.78 is 21.4. The van der Waals surface area contributed by atoms with E-state index in [2.05, 4.69) is 0 Å². The van der Waals surface area contributed by atoms with Gasteiger partial charge in [-0.2, -0.15) is 0 Å². The maximum absolute atomic E-state index is 10.7. The van der Waals surface area contributed by atoms with Crippen LogP contribution in [0.5, 0.6) is 0 Å². The summed E-state index contributed by atoms with van der Waals surface area (Å²) in [5.41, 5.74) is 0. The second-order valence-corrected chi connectivity index (χ2v) is 4.00. The molecule has 12 heavy (non-hydrogen) atoms. The van der Waals surface area contributed by atoms with E-state index in [-0.39, 0.29) is 56.3 Å². The van der Waals surface area contributed by atoms with E-state index >= 15 is 0 Å². The molecule has 0 aliphatic heterocycles. The largest absolute Gasteiger partial charge is 1.00 e. The molecular formula is C6H6ClKNO2S+. The van der Waals surface area contributed by atoms with Gasteiger partial charge >= 0.3 is 51.4 Å². The minimum atomic E-state index is -3.58. The maximum Gasteiger partial charge on any atom is 1.00 e. The second-order valence-electron chi connectivity index (χ2n) is 2.00. The van der Waals surface area contributed by atoms with Gasteiger partial charge in [-0.25, -0.2) is 13.6 Å². The SMILES string of the molecule is NS(=O)(=O)c1ccc(Cl)cc1.[K+]. The van der Waals surface area contributed by atoms with Crippen LogP contribution in [0.15, 0.2) is 29.2 Å². The fraction of sp³-hybridized carbons (Fsp3) is 0. The Morgan fingerprint density at radius 1 is 1.17 bits per heavy atom. The Bertz CT molecular complexity index is 348. The van der Waals surface area contributed by atoms with Gasteiger partial charge in [0.25, 0.3) is 0 Å². The van der Waals surface area contributed by atoms with Crippen LogP contribution in [0.4, 0.5) is 0 Å². The van der Waals surface area contributed by atoms with Gasteiger partial charge in [0, 0.05) is 5.02 Å². The first kappa shape index (κ1) is 13.1. The molecule has 60 valence electrons. The predicted octanol–water partition coefficient (Wildman–Crippen LogP) is -2.01. The molecule has 0 amide bonds. The van der Waals surface area contributed by atoms with Crippen LogP contribution in [0.1, 0.15) is 0 Å². The third kappa shape index (κ3) is 3.84. The quantitative estimate of drug-likeness (QED) is 0.567. The molecule has 2 N–H and O–H groups in total. The molecule has 0 saturated heterocycles. The van der Waals surface area contributed by atoms with E-state index in [1.807, 2.05) is 0 Å². The Kier molecular flexibility index (Phi) is 5.51. The Morgan fingerprint density at radius 2 is 1.58 bits per heavy atom. The van der Waals surface area contributed by atoms with Gasteiger partial charge in [0.1, 0.15) is 0 Å². The molecular weight excluding hydrogens is 225 g/mol. The van der Waals surface area contributed by atoms with Gasteiger partial charge in [-0.15, -0.1) is 0 Å². The van der Waals surface area contributed by atoms with E-state index in [0.717, 1.165) is 0 Å². The summed E-state index contributed by atoms with van der Waals surface area (Å²) in [6.07, 6.45) is 0. The molecule has 1 rings (SSSR count). The molecule has 0 fully saturated rings. The summed E-state index contributed by atoms with van der Waals surface area (Å²) in [5.74, 6) is 0. The molecule has 0 aliphatic rings. The van der Waals surface area contributed by atoms with Crippen molar-refractivity contribution in [1.29, 1.82) is 0 Å². The Morgan fingerprint density at radius 3 is 1.92 bits per heavy atom. The fourth-order valence-corrected chi connectivity index (χ4v) is 1.27. The number of primary sulfonamides is 1. The topological polar surface area (TPSA) is 60.2 Å². The zero-order valence-corrected chi connectivity index (χ0v) is 11.2. The average molecular weight is 231 g/mol. The second kappa shape index (κ2) is 5.07. The van der Waals surface area contributed by atoms with Gasteiger partial charge in [-0.1, -0.05) is 11.6 Å². The Labute approximate surface area is 119 Å². The third-order valence-corrected chi connectivity index (χ3v) is 2.32. The molecule has 0 aromatic heterocycles. The van der Waals surface area contributed by atoms with E-state index in [0.29, 0.717) is 5.02 Å². The molecule has 0 radical (unpaired) electrons. The summed E-state index contributed by atoms with van der Waals surface area (Å²) in [4.78, 5) is 0.0712. The first-order valence-electron chi connectivity index (χ1n) is 2.78. The van der Waals surface area contributed by atoms with Gasteiger partial charge in [0.05, 0.1) is 4.90 Å². The van der Waals surface area contributed by atoms with Crippen LogP contribution in [0.2, 0.25) is 5.02 Å². The van der Waals surface area contributed by atoms with E-state index in [1.165, 1.54) is 24.3 Å². The Balaban J connectivity index is 0.00000121. The molecule has 1 aromatic carbocycles. The molecule has 0 spiro atoms. The summed E-state index contributed by atoms with van der Waals surface area (Å²) in [5, 5.41) is 5.32. The average Bonchev–Trinajstić information content (AvgIpc) is 1.86. The van der Waals surface area contributed by atoms with Crippen molar-refractivity contribution < 1.29 is 59.8 Å². The van der Waals surface area contributed by atoms with Crippen molar-refractivity contribution in [2.45, 2.75) is 4.90 Å². The van der Waals surface area contributed by atoms with Crippen LogP contribution in [0.25, 0.3) is 0 Å². The predicted molar refractivity (Wildman–Crippen MR) is 42.8 cm³/mol. The van der Waals surface area contributed by atoms with Crippen molar-refractivity contribution in [1.82, 2.24) is 0 Å². The van der Waals surface area contributed by atoms with E-state index in [1.54, 1.807) is 0 Å². The van der Waals surface area contributed by atoms with Gasteiger partial charge in [0.2, 0.25) is 10.0 Å². The van der Waals surface area contributed by atoms with Crippen LogP contribution < -0.4 is 56.5 Å². The van der Waals surface area contributed by atoms with Gasteiger partial charge in [0.15, 0.2) is 0 Å². The van der Waals surface area contributed by atoms with E-state index in [9.17, 15) is 8.42 Å². The molecule has 1 aromatic rings. The van der Waals surface area contributed by atoms with Gasteiger partial charge < -0.3 is 0 Å². The molecule has 0 atom stereocenters. The minimum absolute atomic E-state index is 0. The van der Waals surface area contributed by atoms with Crippen molar-refractivity contribution in [2.24, 2.45) is 5.14 Å². The first-order valence-corrected chi connectivity index (χ1v) is 4.71. The van der Waals surface area contributed by atoms with Gasteiger partial charge in [-0.3, -0.25) is 0 Å². The van der Waals surface area contributed by atoms with Gasteiger partial charge in [-0.05, 0) is 24.3 Å². The number of hydrogen-bond acceptors (Lipinski definition) is 2. The van der Waals surface area contributed by atoms with Crippen molar-refractivity contribution >= 4 is 21.6 Å². The number of halogens is 1.